The molecule has 0 aliphatic heterocycles. The molecule has 59 heavy (non-hydrogen) atoms. The lowest BCUT2D eigenvalue weighted by molar-refractivity contribution is 0.102. The van der Waals surface area contributed by atoms with Crippen LogP contribution in [-0.4, -0.2) is 84.2 Å². The van der Waals surface area contributed by atoms with E-state index in [1.165, 1.54) is 36.4 Å². The molecule has 22 nitrogen and oxygen atoms in total. The summed E-state index contributed by atoms with van der Waals surface area (Å²) in [7, 11) is -20.0. The van der Waals surface area contributed by atoms with Gasteiger partial charge in [-0.3, -0.25) is 33.2 Å². The van der Waals surface area contributed by atoms with Gasteiger partial charge in [0.2, 0.25) is 23.0 Å². The van der Waals surface area contributed by atoms with E-state index in [0.717, 1.165) is 30.3 Å². The Balaban J connectivity index is 1.38. The first-order valence-corrected chi connectivity index (χ1v) is 21.9. The van der Waals surface area contributed by atoms with Gasteiger partial charge >= 0.3 is 0 Å². The third-order valence-corrected chi connectivity index (χ3v) is 11.4. The minimum Gasteiger partial charge on any atom is -0.324 e. The van der Waals surface area contributed by atoms with Gasteiger partial charge in [-0.15, -0.1) is 0 Å². The molecule has 0 unspecified atom stereocenters. The Morgan fingerprint density at radius 2 is 1.24 bits per heavy atom. The number of hydrazone groups is 1. The van der Waals surface area contributed by atoms with Crippen molar-refractivity contribution in [2.45, 2.75) is 14.7 Å². The van der Waals surface area contributed by atoms with E-state index in [-0.39, 0.29) is 34.1 Å². The summed E-state index contributed by atoms with van der Waals surface area (Å²) in [6.07, 6.45) is 0.611. The van der Waals surface area contributed by atoms with Crippen LogP contribution >= 0.6 is 11.6 Å². The van der Waals surface area contributed by atoms with Crippen LogP contribution in [0.5, 0.6) is 0 Å². The fraction of sp³-hybridized carbons (Fsp3) is 0. The van der Waals surface area contributed by atoms with Crippen LogP contribution in [0.4, 0.5) is 34.6 Å². The normalized spacial score (nSPS) is 13.9. The molecule has 27 heteroatoms. The average molecular weight is 907 g/mol. The lowest BCUT2D eigenvalue weighted by Gasteiger charge is -2.20. The Bertz CT molecular complexity index is 3100. The summed E-state index contributed by atoms with van der Waals surface area (Å²) in [5, 5.41) is 11.1. The maximum atomic E-state index is 14.0. The number of halogens is 1. The van der Waals surface area contributed by atoms with E-state index in [0.29, 0.717) is 18.2 Å². The van der Waals surface area contributed by atoms with E-state index in [2.05, 4.69) is 41.4 Å². The Hall–Kier alpha value is -6.23. The largest absolute Gasteiger partial charge is 0.324 e. The van der Waals surface area contributed by atoms with Crippen LogP contribution in [0.15, 0.2) is 110 Å². The number of ketones is 1. The fourth-order valence-corrected chi connectivity index (χ4v) is 7.71. The quantitative estimate of drug-likeness (QED) is 0.0650. The molecule has 306 valence electrons. The van der Waals surface area contributed by atoms with Crippen LogP contribution in [0.3, 0.4) is 0 Å². The number of rotatable bonds is 12. The van der Waals surface area contributed by atoms with Crippen molar-refractivity contribution >= 4 is 110 Å². The first kappa shape index (κ1) is 42.4. The molecular weight excluding hydrogens is 884 g/mol. The number of carbonyl (C=O) groups is 2. The maximum Gasteiger partial charge on any atom is 0.296 e. The van der Waals surface area contributed by atoms with E-state index in [4.69, 9.17) is 11.6 Å². The van der Waals surface area contributed by atoms with Crippen molar-refractivity contribution in [2.24, 2.45) is 5.10 Å². The van der Waals surface area contributed by atoms with E-state index in [1.54, 1.807) is 6.07 Å². The number of aromatic nitrogens is 3. The van der Waals surface area contributed by atoms with Crippen molar-refractivity contribution in [2.75, 3.05) is 21.4 Å². The van der Waals surface area contributed by atoms with Crippen LogP contribution in [0.1, 0.15) is 26.3 Å². The van der Waals surface area contributed by atoms with Crippen LogP contribution < -0.4 is 21.4 Å². The summed E-state index contributed by atoms with van der Waals surface area (Å²) in [6, 6.07) is 16.4. The van der Waals surface area contributed by atoms with E-state index < -0.39 is 100.0 Å². The predicted molar refractivity (Wildman–Crippen MR) is 209 cm³/mol. The smallest absolute Gasteiger partial charge is 0.296 e. The third-order valence-electron chi connectivity index (χ3n) is 7.78. The molecule has 1 aromatic heterocycles. The van der Waals surface area contributed by atoms with Gasteiger partial charge in [-0.05, 0) is 90.0 Å². The van der Waals surface area contributed by atoms with E-state index in [1.807, 2.05) is 0 Å². The van der Waals surface area contributed by atoms with Crippen molar-refractivity contribution in [3.63, 3.8) is 0 Å². The standard InChI is InChI=1S/C32H23ClN8O14S4/c33-30-37-31(34-18-6-9-20(10-7-18)56(44,45)46)39-32(38-30)35-19-8-11-24(58(50,51)52)22(14-19)40-41-27-25(59(53,54)55)13-17-12-21(57(47,48)49)15-23(26(17)28(27)42)36-29(43)16-4-2-1-3-5-16/h1-15,40H,(H,36,43)(H,44,45,46)(H,47,48,49)(H,50,51,52)(H,53,54,55)(H2,34,35,37,38,39)/b41-27+. The Morgan fingerprint density at radius 1 is 0.644 bits per heavy atom. The summed E-state index contributed by atoms with van der Waals surface area (Å²) in [6.45, 7) is 0. The monoisotopic (exact) mass is 906 g/mol. The number of nitrogens with zero attached hydrogens (tertiary/aromatic N) is 4. The van der Waals surface area contributed by atoms with Crippen LogP contribution in [0, 0.1) is 0 Å². The maximum absolute atomic E-state index is 14.0. The van der Waals surface area contributed by atoms with E-state index in [9.17, 15) is 61.5 Å². The molecule has 1 amide bonds. The molecule has 1 aliphatic carbocycles. The van der Waals surface area contributed by atoms with Gasteiger partial charge in [0.25, 0.3) is 46.4 Å². The lowest BCUT2D eigenvalue weighted by atomic mass is 9.92. The minimum atomic E-state index is -5.40. The lowest BCUT2D eigenvalue weighted by Crippen LogP contribution is -2.29. The summed E-state index contributed by atoms with van der Waals surface area (Å²) in [4.78, 5) is 35.7. The van der Waals surface area contributed by atoms with Crippen molar-refractivity contribution in [3.05, 3.63) is 112 Å². The second-order valence-electron chi connectivity index (χ2n) is 11.8. The minimum absolute atomic E-state index is 0.0395. The number of nitrogens with one attached hydrogen (secondary N) is 4. The SMILES string of the molecule is O=C(Nc1cc(S(=O)(=O)O)cc2c1C(=O)/C(=N/Nc1cc(Nc3nc(Cl)nc(Nc4ccc(S(=O)(=O)O)cc4)n3)ccc1S(=O)(=O)O)C(S(=O)(=O)O)=C2)c1ccccc1. The highest BCUT2D eigenvalue weighted by atomic mass is 35.5. The van der Waals surface area contributed by atoms with Gasteiger partial charge in [0, 0.05) is 16.9 Å². The van der Waals surface area contributed by atoms with Crippen LogP contribution in [0.2, 0.25) is 5.28 Å². The number of amides is 1. The molecule has 6 rings (SSSR count). The fourth-order valence-electron chi connectivity index (χ4n) is 5.24. The highest BCUT2D eigenvalue weighted by molar-refractivity contribution is 7.91. The first-order chi connectivity index (χ1) is 27.5. The molecule has 0 saturated heterocycles. The Morgan fingerprint density at radius 3 is 1.81 bits per heavy atom. The molecule has 1 aliphatic rings. The molecule has 8 N–H and O–H groups in total. The summed E-state index contributed by atoms with van der Waals surface area (Å²) in [5.74, 6) is -2.69. The molecule has 1 heterocycles. The molecule has 0 fully saturated rings. The number of allylic oxidation sites excluding steroid dienone is 1. The summed E-state index contributed by atoms with van der Waals surface area (Å²) >= 11 is 6.05. The molecule has 4 aromatic carbocycles. The average Bonchev–Trinajstić information content (AvgIpc) is 3.13. The van der Waals surface area contributed by atoms with Gasteiger partial charge in [-0.2, -0.15) is 53.7 Å². The van der Waals surface area contributed by atoms with E-state index >= 15 is 0 Å². The van der Waals surface area contributed by atoms with Crippen LogP contribution in [-0.2, 0) is 40.5 Å². The van der Waals surface area contributed by atoms with Gasteiger partial charge in [0.05, 0.1) is 26.7 Å². The molecule has 0 bridgehead atoms. The molecular formula is C32H23ClN8O14S4. The van der Waals surface area contributed by atoms with Gasteiger partial charge in [-0.25, -0.2) is 0 Å². The Labute approximate surface area is 338 Å². The number of Topliss-reactive ketones (excluding diaryl/α,β-unsaturated/α-hetero) is 1. The van der Waals surface area contributed by atoms with Crippen molar-refractivity contribution < 1.29 is 61.5 Å². The number of benzene rings is 4. The number of hydrogen-bond acceptors (Lipinski definition) is 17. The second-order valence-corrected chi connectivity index (χ2v) is 17.8. The number of carbonyl (C=O) groups excluding carboxylic acids is 2. The number of hydrogen-bond donors (Lipinski definition) is 8. The van der Waals surface area contributed by atoms with Gasteiger partial charge < -0.3 is 16.0 Å². The van der Waals surface area contributed by atoms with Crippen molar-refractivity contribution in [3.8, 4) is 0 Å². The highest BCUT2D eigenvalue weighted by Gasteiger charge is 2.36. The summed E-state index contributed by atoms with van der Waals surface area (Å²) in [5.41, 5.74) is -0.947. The second kappa shape index (κ2) is 15.8. The Kier molecular flexibility index (Phi) is 11.4. The molecule has 0 radical (unpaired) electrons. The predicted octanol–water partition coefficient (Wildman–Crippen LogP) is 3.90. The number of anilines is 6. The van der Waals surface area contributed by atoms with Crippen molar-refractivity contribution in [1.82, 2.24) is 15.0 Å². The highest BCUT2D eigenvalue weighted by Crippen LogP contribution is 2.35. The molecule has 0 atom stereocenters. The summed E-state index contributed by atoms with van der Waals surface area (Å²) < 4.78 is 136. The topological polar surface area (TPSA) is 351 Å². The third kappa shape index (κ3) is 9.91. The van der Waals surface area contributed by atoms with Crippen molar-refractivity contribution in [1.29, 1.82) is 0 Å². The zero-order valence-electron chi connectivity index (χ0n) is 28.8. The zero-order chi connectivity index (χ0) is 43.1. The van der Waals surface area contributed by atoms with Gasteiger partial charge in [0.1, 0.15) is 9.80 Å². The molecule has 0 saturated carbocycles. The van der Waals surface area contributed by atoms with Gasteiger partial charge in [0.15, 0.2) is 5.71 Å². The molecule has 0 spiro atoms. The zero-order valence-corrected chi connectivity index (χ0v) is 32.9. The molecule has 5 aromatic rings. The van der Waals surface area contributed by atoms with Crippen LogP contribution in [0.25, 0.3) is 6.08 Å². The van der Waals surface area contributed by atoms with Gasteiger partial charge in [-0.1, -0.05) is 18.2 Å². The number of fused-ring (bicyclic) bond motifs is 1. The first-order valence-electron chi connectivity index (χ1n) is 15.7.